The summed E-state index contributed by atoms with van der Waals surface area (Å²) in [6.07, 6.45) is -1.21. The van der Waals surface area contributed by atoms with Crippen molar-refractivity contribution in [3.05, 3.63) is 101 Å². The molecule has 0 unspecified atom stereocenters. The van der Waals surface area contributed by atoms with Crippen molar-refractivity contribution in [2.24, 2.45) is 5.73 Å². The third kappa shape index (κ3) is 5.73. The predicted octanol–water partition coefficient (Wildman–Crippen LogP) is 4.14. The number of aryl methyl sites for hydroxylation is 2. The second kappa shape index (κ2) is 11.6. The number of nitrogens with one attached hydrogen (secondary N) is 1. The van der Waals surface area contributed by atoms with Crippen molar-refractivity contribution >= 4 is 23.6 Å². The molecule has 2 heterocycles. The summed E-state index contributed by atoms with van der Waals surface area (Å²) in [6.45, 7) is 1.75. The van der Waals surface area contributed by atoms with Crippen molar-refractivity contribution in [3.8, 4) is 11.8 Å². The van der Waals surface area contributed by atoms with Crippen LogP contribution in [0.5, 0.6) is 5.75 Å². The number of ether oxygens (including phenoxy) is 1. The molecule has 0 radical (unpaired) electrons. The Labute approximate surface area is 238 Å². The topological polar surface area (TPSA) is 148 Å². The number of halogens is 3. The zero-order valence-electron chi connectivity index (χ0n) is 22.5. The number of rotatable bonds is 6. The molecule has 0 bridgehead atoms. The van der Waals surface area contributed by atoms with E-state index in [2.05, 4.69) is 0 Å². The molecule has 10 nitrogen and oxygen atoms in total. The number of nitrogens with two attached hydrogens (primary N) is 1. The maximum atomic E-state index is 13.5. The number of hydrogen-bond acceptors (Lipinski definition) is 6. The highest BCUT2D eigenvalue weighted by Gasteiger charge is 2.44. The van der Waals surface area contributed by atoms with Crippen molar-refractivity contribution in [2.45, 2.75) is 32.1 Å². The Kier molecular flexibility index (Phi) is 8.19. The standard InChI is InChI=1S/C29H25F3N6O4/c1-17-24(26(40)42-2)25(23-9-8-18(15-33)13-19(23)10-12-36-11-4-7-22(39)16-36)38(28(35)41)27(34)37(17)21-6-3-5-20(14-21)29(30,31)32/h3-9,11,13-14,16,25,34H,10,12H2,1-2H3,(H2-,35,39,41)/p+1/t25-/m1/s1. The van der Waals surface area contributed by atoms with E-state index in [9.17, 15) is 33.1 Å². The number of carbonyl (C=O) groups excluding carboxylic acids is 2. The Balaban J connectivity index is 1.92. The second-order valence-electron chi connectivity index (χ2n) is 9.38. The fraction of sp³-hybridized carbons (Fsp3) is 0.207. The normalized spacial score (nSPS) is 15.4. The van der Waals surface area contributed by atoms with Crippen LogP contribution in [0.15, 0.2) is 78.3 Å². The van der Waals surface area contributed by atoms with Gasteiger partial charge in [-0.05, 0) is 54.4 Å². The number of urea groups is 1. The molecular formula is C29H26F3N6O4+. The number of methoxy groups -OCH3 is 1. The highest BCUT2D eigenvalue weighted by molar-refractivity contribution is 6.10. The van der Waals surface area contributed by atoms with Crippen molar-refractivity contribution in [1.82, 2.24) is 4.90 Å². The number of esters is 1. The van der Waals surface area contributed by atoms with Crippen molar-refractivity contribution in [2.75, 3.05) is 12.0 Å². The number of nitrogens with zero attached hydrogens (tertiary/aromatic N) is 4. The van der Waals surface area contributed by atoms with Gasteiger partial charge in [-0.25, -0.2) is 14.2 Å². The maximum Gasteiger partial charge on any atom is 0.416 e. The van der Waals surface area contributed by atoms with Crippen LogP contribution in [0.1, 0.15) is 35.2 Å². The van der Waals surface area contributed by atoms with Gasteiger partial charge in [0.1, 0.15) is 6.04 Å². The Morgan fingerprint density at radius 1 is 1.19 bits per heavy atom. The molecule has 1 atom stereocenters. The molecule has 216 valence electrons. The Morgan fingerprint density at radius 2 is 1.93 bits per heavy atom. The van der Waals surface area contributed by atoms with E-state index in [-0.39, 0.29) is 34.7 Å². The third-order valence-electron chi connectivity index (χ3n) is 6.82. The number of primary amides is 1. The van der Waals surface area contributed by atoms with Gasteiger partial charge in [-0.1, -0.05) is 12.1 Å². The molecule has 0 saturated heterocycles. The van der Waals surface area contributed by atoms with Gasteiger partial charge in [0, 0.05) is 23.9 Å². The number of amides is 2. The summed E-state index contributed by atoms with van der Waals surface area (Å²) in [7, 11) is 1.11. The van der Waals surface area contributed by atoms with Crippen LogP contribution in [-0.2, 0) is 28.7 Å². The van der Waals surface area contributed by atoms with E-state index in [0.29, 0.717) is 17.7 Å². The lowest BCUT2D eigenvalue weighted by Gasteiger charge is -2.43. The SMILES string of the molecule is COC(=O)C1=C(C)N(c2cccc(C(F)(F)F)c2)C(=N)N(C(N)=O)[C@@H]1c1ccc(C#N)cc1CC[n+]1cccc(O)c1. The maximum absolute atomic E-state index is 13.5. The first-order valence-electron chi connectivity index (χ1n) is 12.5. The van der Waals surface area contributed by atoms with E-state index in [0.717, 1.165) is 35.1 Å². The molecule has 2 amide bonds. The number of alkyl halides is 3. The third-order valence-corrected chi connectivity index (χ3v) is 6.82. The van der Waals surface area contributed by atoms with E-state index in [1.54, 1.807) is 22.9 Å². The molecule has 42 heavy (non-hydrogen) atoms. The first-order valence-corrected chi connectivity index (χ1v) is 12.5. The number of anilines is 1. The van der Waals surface area contributed by atoms with Crippen LogP contribution in [0.4, 0.5) is 23.7 Å². The quantitative estimate of drug-likeness (QED) is 0.295. The minimum atomic E-state index is -4.69. The van der Waals surface area contributed by atoms with Gasteiger partial charge in [0.2, 0.25) is 12.2 Å². The van der Waals surface area contributed by atoms with Gasteiger partial charge >= 0.3 is 18.2 Å². The van der Waals surface area contributed by atoms with Crippen LogP contribution in [0.2, 0.25) is 0 Å². The van der Waals surface area contributed by atoms with Crippen LogP contribution in [0.25, 0.3) is 0 Å². The average molecular weight is 580 g/mol. The van der Waals surface area contributed by atoms with Crippen molar-refractivity contribution < 1.29 is 37.2 Å². The number of benzene rings is 2. The lowest BCUT2D eigenvalue weighted by Crippen LogP contribution is -2.55. The van der Waals surface area contributed by atoms with Gasteiger partial charge in [0.25, 0.3) is 0 Å². The molecule has 2 aromatic carbocycles. The van der Waals surface area contributed by atoms with Gasteiger partial charge in [-0.2, -0.15) is 18.4 Å². The number of hydrogen-bond donors (Lipinski definition) is 3. The lowest BCUT2D eigenvalue weighted by atomic mass is 9.88. The zero-order chi connectivity index (χ0) is 30.8. The summed E-state index contributed by atoms with van der Waals surface area (Å²) in [5.74, 6) is -1.45. The highest BCUT2D eigenvalue weighted by atomic mass is 19.4. The van der Waals surface area contributed by atoms with E-state index in [1.165, 1.54) is 37.4 Å². The molecule has 1 aliphatic heterocycles. The van der Waals surface area contributed by atoms with E-state index >= 15 is 0 Å². The predicted molar refractivity (Wildman–Crippen MR) is 144 cm³/mol. The number of pyridine rings is 1. The highest BCUT2D eigenvalue weighted by Crippen LogP contribution is 2.42. The number of carbonyl (C=O) groups is 2. The number of guanidine groups is 1. The number of aromatic hydroxyl groups is 1. The number of allylic oxidation sites excluding steroid dienone is 1. The summed E-state index contributed by atoms with van der Waals surface area (Å²) >= 11 is 0. The summed E-state index contributed by atoms with van der Waals surface area (Å²) in [4.78, 5) is 28.0. The molecule has 4 N–H and O–H groups in total. The molecule has 0 aliphatic carbocycles. The van der Waals surface area contributed by atoms with Crippen LogP contribution in [0.3, 0.4) is 0 Å². The molecule has 0 fully saturated rings. The largest absolute Gasteiger partial charge is 0.503 e. The molecule has 1 aromatic heterocycles. The summed E-state index contributed by atoms with van der Waals surface area (Å²) in [5.41, 5.74) is 5.69. The van der Waals surface area contributed by atoms with Crippen molar-refractivity contribution in [3.63, 3.8) is 0 Å². The Bertz CT molecular complexity index is 1650. The second-order valence-corrected chi connectivity index (χ2v) is 9.38. The first kappa shape index (κ1) is 29.6. The van der Waals surface area contributed by atoms with E-state index < -0.39 is 35.7 Å². The smallest absolute Gasteiger partial charge is 0.416 e. The summed E-state index contributed by atoms with van der Waals surface area (Å²) < 4.78 is 47.3. The molecule has 4 rings (SSSR count). The summed E-state index contributed by atoms with van der Waals surface area (Å²) in [6, 6.07) is 11.4. The fourth-order valence-electron chi connectivity index (χ4n) is 4.92. The van der Waals surface area contributed by atoms with E-state index in [4.69, 9.17) is 15.9 Å². The van der Waals surface area contributed by atoms with Gasteiger partial charge in [-0.15, -0.1) is 0 Å². The minimum Gasteiger partial charge on any atom is -0.503 e. The molecule has 1 aliphatic rings. The first-order chi connectivity index (χ1) is 19.9. The van der Waals surface area contributed by atoms with Crippen molar-refractivity contribution in [1.29, 1.82) is 10.7 Å². The molecule has 13 heteroatoms. The Morgan fingerprint density at radius 3 is 2.55 bits per heavy atom. The number of aromatic nitrogens is 1. The van der Waals surface area contributed by atoms with Gasteiger partial charge < -0.3 is 15.6 Å². The molecular weight excluding hydrogens is 553 g/mol. The van der Waals surface area contributed by atoms with Crippen LogP contribution in [-0.4, -0.2) is 35.1 Å². The number of nitriles is 1. The van der Waals surface area contributed by atoms with Crippen LogP contribution in [0, 0.1) is 16.7 Å². The average Bonchev–Trinajstić information content (AvgIpc) is 2.95. The molecule has 3 aromatic rings. The zero-order valence-corrected chi connectivity index (χ0v) is 22.5. The minimum absolute atomic E-state index is 0.0327. The molecule has 0 saturated carbocycles. The van der Waals surface area contributed by atoms with Crippen LogP contribution >= 0.6 is 0 Å². The Hall–Kier alpha value is -5.38. The monoisotopic (exact) mass is 579 g/mol. The summed E-state index contributed by atoms with van der Waals surface area (Å²) in [5, 5.41) is 28.3. The lowest BCUT2D eigenvalue weighted by molar-refractivity contribution is -0.696. The van der Waals surface area contributed by atoms with Gasteiger partial charge in [0.15, 0.2) is 18.5 Å². The van der Waals surface area contributed by atoms with Crippen LogP contribution < -0.4 is 15.2 Å². The van der Waals surface area contributed by atoms with Gasteiger partial charge in [-0.3, -0.25) is 15.2 Å². The van der Waals surface area contributed by atoms with Gasteiger partial charge in [0.05, 0.1) is 29.9 Å². The fourth-order valence-corrected chi connectivity index (χ4v) is 4.92. The molecule has 0 spiro atoms. The van der Waals surface area contributed by atoms with E-state index in [1.807, 2.05) is 6.07 Å².